The van der Waals surface area contributed by atoms with Crippen LogP contribution in [0.4, 0.5) is 0 Å². The van der Waals surface area contributed by atoms with E-state index < -0.39 is 12.0 Å². The summed E-state index contributed by atoms with van der Waals surface area (Å²) in [5, 5.41) is 12.7. The van der Waals surface area contributed by atoms with E-state index in [0.717, 1.165) is 6.42 Å². The Hall–Kier alpha value is -1.65. The molecule has 1 aromatic heterocycles. The van der Waals surface area contributed by atoms with E-state index in [0.29, 0.717) is 12.7 Å². The standard InChI is InChI=1S/C9H12N2O3/c1-2-3-8(9(13)14)11-5-4-7(6-12)10-11/h4-6,8H,2-3H2,1H3,(H,13,14). The summed E-state index contributed by atoms with van der Waals surface area (Å²) in [6.45, 7) is 1.90. The number of nitrogens with zero attached hydrogens (tertiary/aromatic N) is 2. The fraction of sp³-hybridized carbons (Fsp3) is 0.444. The minimum absolute atomic E-state index is 0.257. The van der Waals surface area contributed by atoms with Crippen LogP contribution >= 0.6 is 0 Å². The molecule has 0 fully saturated rings. The summed E-state index contributed by atoms with van der Waals surface area (Å²) in [5.41, 5.74) is 0.257. The summed E-state index contributed by atoms with van der Waals surface area (Å²) in [6.07, 6.45) is 3.38. The fourth-order valence-corrected chi connectivity index (χ4v) is 1.23. The Balaban J connectivity index is 2.87. The zero-order chi connectivity index (χ0) is 10.6. The molecule has 0 aliphatic carbocycles. The van der Waals surface area contributed by atoms with E-state index in [1.165, 1.54) is 16.9 Å². The molecule has 0 radical (unpaired) electrons. The third-order valence-corrected chi connectivity index (χ3v) is 1.92. The highest BCUT2D eigenvalue weighted by molar-refractivity contribution is 5.73. The average molecular weight is 196 g/mol. The number of aliphatic carboxylic acids is 1. The van der Waals surface area contributed by atoms with Gasteiger partial charge in [0, 0.05) is 6.20 Å². The molecule has 0 aliphatic heterocycles. The molecule has 0 spiro atoms. The van der Waals surface area contributed by atoms with Crippen LogP contribution in [0.5, 0.6) is 0 Å². The van der Waals surface area contributed by atoms with Crippen LogP contribution in [0.3, 0.4) is 0 Å². The van der Waals surface area contributed by atoms with E-state index in [1.807, 2.05) is 6.92 Å². The molecule has 0 bridgehead atoms. The van der Waals surface area contributed by atoms with Gasteiger partial charge in [-0.05, 0) is 12.5 Å². The van der Waals surface area contributed by atoms with Crippen LogP contribution < -0.4 is 0 Å². The van der Waals surface area contributed by atoms with Crippen LogP contribution in [-0.4, -0.2) is 27.1 Å². The van der Waals surface area contributed by atoms with Crippen molar-refractivity contribution in [1.29, 1.82) is 0 Å². The summed E-state index contributed by atoms with van der Waals surface area (Å²) in [5.74, 6) is -0.924. The smallest absolute Gasteiger partial charge is 0.328 e. The first-order valence-corrected chi connectivity index (χ1v) is 4.42. The monoisotopic (exact) mass is 196 g/mol. The molecule has 1 rings (SSSR count). The molecule has 5 nitrogen and oxygen atoms in total. The highest BCUT2D eigenvalue weighted by Crippen LogP contribution is 2.13. The number of rotatable bonds is 5. The largest absolute Gasteiger partial charge is 0.480 e. The predicted molar refractivity (Wildman–Crippen MR) is 49.2 cm³/mol. The maximum absolute atomic E-state index is 10.8. The third kappa shape index (κ3) is 2.18. The van der Waals surface area contributed by atoms with Gasteiger partial charge in [0.05, 0.1) is 0 Å². The lowest BCUT2D eigenvalue weighted by Crippen LogP contribution is -2.19. The van der Waals surface area contributed by atoms with Gasteiger partial charge in [-0.25, -0.2) is 4.79 Å². The maximum Gasteiger partial charge on any atom is 0.328 e. The Morgan fingerprint density at radius 3 is 2.93 bits per heavy atom. The van der Waals surface area contributed by atoms with E-state index in [9.17, 15) is 9.59 Å². The van der Waals surface area contributed by atoms with Crippen LogP contribution in [0.1, 0.15) is 36.3 Å². The van der Waals surface area contributed by atoms with Crippen molar-refractivity contribution in [1.82, 2.24) is 9.78 Å². The zero-order valence-electron chi connectivity index (χ0n) is 7.88. The van der Waals surface area contributed by atoms with Gasteiger partial charge in [-0.3, -0.25) is 9.48 Å². The fourth-order valence-electron chi connectivity index (χ4n) is 1.23. The Morgan fingerprint density at radius 1 is 1.79 bits per heavy atom. The number of carbonyl (C=O) groups is 2. The van der Waals surface area contributed by atoms with Gasteiger partial charge in [0.2, 0.25) is 0 Å². The van der Waals surface area contributed by atoms with Crippen LogP contribution in [0.25, 0.3) is 0 Å². The van der Waals surface area contributed by atoms with Crippen molar-refractivity contribution in [2.24, 2.45) is 0 Å². The summed E-state index contributed by atoms with van der Waals surface area (Å²) in [4.78, 5) is 21.2. The van der Waals surface area contributed by atoms with Crippen molar-refractivity contribution in [2.45, 2.75) is 25.8 Å². The second kappa shape index (κ2) is 4.55. The predicted octanol–water partition coefficient (Wildman–Crippen LogP) is 1.12. The molecule has 1 unspecified atom stereocenters. The van der Waals surface area contributed by atoms with Gasteiger partial charge < -0.3 is 5.11 Å². The van der Waals surface area contributed by atoms with Crippen LogP contribution in [0.15, 0.2) is 12.3 Å². The molecule has 5 heteroatoms. The van der Waals surface area contributed by atoms with Gasteiger partial charge in [-0.1, -0.05) is 13.3 Å². The Bertz CT molecular complexity index is 333. The first-order chi connectivity index (χ1) is 6.69. The molecule has 1 heterocycles. The Kier molecular flexibility index (Phi) is 3.39. The van der Waals surface area contributed by atoms with Crippen molar-refractivity contribution >= 4 is 12.3 Å². The molecule has 0 saturated carbocycles. The van der Waals surface area contributed by atoms with Crippen molar-refractivity contribution < 1.29 is 14.7 Å². The lowest BCUT2D eigenvalue weighted by molar-refractivity contribution is -0.141. The zero-order valence-corrected chi connectivity index (χ0v) is 7.88. The molecule has 76 valence electrons. The Labute approximate surface area is 81.3 Å². The number of hydrogen-bond acceptors (Lipinski definition) is 3. The maximum atomic E-state index is 10.8. The van der Waals surface area contributed by atoms with E-state index in [4.69, 9.17) is 5.11 Å². The SMILES string of the molecule is CCCC(C(=O)O)n1ccc(C=O)n1. The summed E-state index contributed by atoms with van der Waals surface area (Å²) < 4.78 is 1.32. The summed E-state index contributed by atoms with van der Waals surface area (Å²) in [6, 6.07) is 0.826. The second-order valence-electron chi connectivity index (χ2n) is 2.98. The van der Waals surface area contributed by atoms with E-state index >= 15 is 0 Å². The molecule has 0 aromatic carbocycles. The average Bonchev–Trinajstić information content (AvgIpc) is 2.61. The number of hydrogen-bond donors (Lipinski definition) is 1. The molecule has 0 amide bonds. The van der Waals surface area contributed by atoms with Gasteiger partial charge in [0.25, 0.3) is 0 Å². The molecule has 0 aliphatic rings. The quantitative estimate of drug-likeness (QED) is 0.716. The van der Waals surface area contributed by atoms with Crippen LogP contribution in [0.2, 0.25) is 0 Å². The molecule has 1 aromatic rings. The molecule has 1 atom stereocenters. The highest BCUT2D eigenvalue weighted by atomic mass is 16.4. The first-order valence-electron chi connectivity index (χ1n) is 4.42. The van der Waals surface area contributed by atoms with Crippen LogP contribution in [-0.2, 0) is 4.79 Å². The minimum atomic E-state index is -0.924. The highest BCUT2D eigenvalue weighted by Gasteiger charge is 2.18. The van der Waals surface area contributed by atoms with Crippen molar-refractivity contribution in [3.8, 4) is 0 Å². The molecular formula is C9H12N2O3. The lowest BCUT2D eigenvalue weighted by atomic mass is 10.2. The van der Waals surface area contributed by atoms with Crippen LogP contribution in [0, 0.1) is 0 Å². The topological polar surface area (TPSA) is 72.2 Å². The van der Waals surface area contributed by atoms with Crippen molar-refractivity contribution in [3.05, 3.63) is 18.0 Å². The Morgan fingerprint density at radius 2 is 2.50 bits per heavy atom. The number of carbonyl (C=O) groups excluding carboxylic acids is 1. The minimum Gasteiger partial charge on any atom is -0.480 e. The molecule has 1 N–H and O–H groups in total. The number of aromatic nitrogens is 2. The van der Waals surface area contributed by atoms with E-state index in [1.54, 1.807) is 0 Å². The second-order valence-corrected chi connectivity index (χ2v) is 2.98. The van der Waals surface area contributed by atoms with Gasteiger partial charge >= 0.3 is 5.97 Å². The van der Waals surface area contributed by atoms with Crippen molar-refractivity contribution in [3.63, 3.8) is 0 Å². The molecular weight excluding hydrogens is 184 g/mol. The van der Waals surface area contributed by atoms with Gasteiger partial charge in [-0.15, -0.1) is 0 Å². The van der Waals surface area contributed by atoms with Gasteiger partial charge in [0.15, 0.2) is 6.29 Å². The van der Waals surface area contributed by atoms with Gasteiger partial charge in [-0.2, -0.15) is 5.10 Å². The lowest BCUT2D eigenvalue weighted by Gasteiger charge is -2.10. The van der Waals surface area contributed by atoms with Gasteiger partial charge in [0.1, 0.15) is 11.7 Å². The third-order valence-electron chi connectivity index (χ3n) is 1.92. The number of carboxylic acid groups (broad SMARTS) is 1. The van der Waals surface area contributed by atoms with Crippen molar-refractivity contribution in [2.75, 3.05) is 0 Å². The summed E-state index contributed by atoms with van der Waals surface area (Å²) in [7, 11) is 0. The first kappa shape index (κ1) is 10.4. The number of aldehydes is 1. The number of carboxylic acids is 1. The normalized spacial score (nSPS) is 12.4. The molecule has 14 heavy (non-hydrogen) atoms. The van der Waals surface area contributed by atoms with E-state index in [2.05, 4.69) is 5.10 Å². The summed E-state index contributed by atoms with van der Waals surface area (Å²) >= 11 is 0. The van der Waals surface area contributed by atoms with E-state index in [-0.39, 0.29) is 5.69 Å². The molecule has 0 saturated heterocycles.